The number of carbonyl (C=O) groups excluding carboxylic acids is 1. The van der Waals surface area contributed by atoms with Crippen molar-refractivity contribution in [2.45, 2.75) is 6.92 Å². The minimum absolute atomic E-state index is 0.253. The summed E-state index contributed by atoms with van der Waals surface area (Å²) in [7, 11) is 2.98. The molecular weight excluding hydrogens is 259 g/mol. The Labute approximate surface area is 117 Å². The third-order valence-electron chi connectivity index (χ3n) is 3.09. The number of benzene rings is 2. The third-order valence-corrected chi connectivity index (χ3v) is 3.09. The lowest BCUT2D eigenvalue weighted by atomic mass is 9.97. The molecule has 0 spiro atoms. The van der Waals surface area contributed by atoms with Gasteiger partial charge >= 0.3 is 0 Å². The van der Waals surface area contributed by atoms with Crippen LogP contribution in [0.5, 0.6) is 11.5 Å². The van der Waals surface area contributed by atoms with E-state index in [1.807, 2.05) is 0 Å². The topological polar surface area (TPSA) is 35.5 Å². The number of halogens is 1. The summed E-state index contributed by atoms with van der Waals surface area (Å²) in [4.78, 5) is 12.7. The molecule has 0 aliphatic carbocycles. The van der Waals surface area contributed by atoms with Gasteiger partial charge in [-0.15, -0.1) is 0 Å². The van der Waals surface area contributed by atoms with E-state index in [0.717, 1.165) is 0 Å². The van der Waals surface area contributed by atoms with Gasteiger partial charge in [0, 0.05) is 5.56 Å². The molecule has 0 saturated heterocycles. The molecule has 0 unspecified atom stereocenters. The summed E-state index contributed by atoms with van der Waals surface area (Å²) in [5.41, 5.74) is 1.34. The fourth-order valence-corrected chi connectivity index (χ4v) is 2.09. The molecule has 0 amide bonds. The number of hydrogen-bond acceptors (Lipinski definition) is 3. The van der Waals surface area contributed by atoms with Crippen molar-refractivity contribution >= 4 is 5.78 Å². The van der Waals surface area contributed by atoms with Gasteiger partial charge in [0.25, 0.3) is 0 Å². The van der Waals surface area contributed by atoms with Crippen molar-refractivity contribution < 1.29 is 18.7 Å². The molecule has 4 heteroatoms. The molecule has 2 aromatic rings. The fraction of sp³-hybridized carbons (Fsp3) is 0.188. The van der Waals surface area contributed by atoms with Crippen LogP contribution in [0.3, 0.4) is 0 Å². The van der Waals surface area contributed by atoms with E-state index in [4.69, 9.17) is 9.47 Å². The van der Waals surface area contributed by atoms with Crippen molar-refractivity contribution in [3.05, 3.63) is 58.9 Å². The highest BCUT2D eigenvalue weighted by Crippen LogP contribution is 2.31. The van der Waals surface area contributed by atoms with E-state index < -0.39 is 0 Å². The van der Waals surface area contributed by atoms with E-state index in [1.165, 1.54) is 32.4 Å². The second kappa shape index (κ2) is 5.74. The number of methoxy groups -OCH3 is 2. The molecule has 3 nitrogen and oxygen atoms in total. The average Bonchev–Trinajstić information content (AvgIpc) is 2.45. The molecule has 2 rings (SSSR count). The van der Waals surface area contributed by atoms with Crippen LogP contribution in [-0.2, 0) is 0 Å². The first kappa shape index (κ1) is 14.1. The van der Waals surface area contributed by atoms with Gasteiger partial charge in [0.2, 0.25) is 5.78 Å². The number of ketones is 1. The van der Waals surface area contributed by atoms with E-state index in [9.17, 15) is 9.18 Å². The van der Waals surface area contributed by atoms with E-state index in [0.29, 0.717) is 28.2 Å². The second-order valence-electron chi connectivity index (χ2n) is 4.33. The Hall–Kier alpha value is -2.36. The van der Waals surface area contributed by atoms with Crippen molar-refractivity contribution in [1.82, 2.24) is 0 Å². The van der Waals surface area contributed by atoms with Crippen LogP contribution in [0.15, 0.2) is 36.4 Å². The van der Waals surface area contributed by atoms with E-state index >= 15 is 0 Å². The predicted molar refractivity (Wildman–Crippen MR) is 74.1 cm³/mol. The lowest BCUT2D eigenvalue weighted by Crippen LogP contribution is -2.08. The Morgan fingerprint density at radius 3 is 2.15 bits per heavy atom. The zero-order valence-corrected chi connectivity index (χ0v) is 11.6. The van der Waals surface area contributed by atoms with Crippen molar-refractivity contribution in [2.75, 3.05) is 14.2 Å². The van der Waals surface area contributed by atoms with Crippen LogP contribution < -0.4 is 9.47 Å². The van der Waals surface area contributed by atoms with Gasteiger partial charge in [0.15, 0.2) is 0 Å². The normalized spacial score (nSPS) is 10.2. The number of hydrogen-bond donors (Lipinski definition) is 0. The predicted octanol–water partition coefficient (Wildman–Crippen LogP) is 3.38. The largest absolute Gasteiger partial charge is 0.496 e. The van der Waals surface area contributed by atoms with Crippen LogP contribution in [-0.4, -0.2) is 20.0 Å². The van der Waals surface area contributed by atoms with E-state index in [1.54, 1.807) is 25.1 Å². The monoisotopic (exact) mass is 274 g/mol. The Balaban J connectivity index is 2.58. The molecule has 0 heterocycles. The summed E-state index contributed by atoms with van der Waals surface area (Å²) in [6, 6.07) is 9.19. The lowest BCUT2D eigenvalue weighted by Gasteiger charge is -2.13. The number of carbonyl (C=O) groups is 1. The maximum Gasteiger partial charge on any atom is 0.200 e. The highest BCUT2D eigenvalue weighted by Gasteiger charge is 2.21. The summed E-state index contributed by atoms with van der Waals surface area (Å²) in [6.45, 7) is 1.69. The lowest BCUT2D eigenvalue weighted by molar-refractivity contribution is 0.103. The van der Waals surface area contributed by atoms with Gasteiger partial charge in [-0.25, -0.2) is 4.39 Å². The quantitative estimate of drug-likeness (QED) is 0.802. The van der Waals surface area contributed by atoms with Gasteiger partial charge in [0.05, 0.1) is 14.2 Å². The first-order valence-electron chi connectivity index (χ1n) is 6.10. The molecule has 0 aliphatic heterocycles. The van der Waals surface area contributed by atoms with Crippen molar-refractivity contribution in [3.63, 3.8) is 0 Å². The molecule has 0 saturated carbocycles. The minimum atomic E-state index is -0.369. The van der Waals surface area contributed by atoms with Crippen LogP contribution in [0.2, 0.25) is 0 Å². The first-order chi connectivity index (χ1) is 9.58. The standard InChI is InChI=1S/C16H15FO3/c1-10-9-11(17)7-8-12(10)16(18)15-13(19-2)5-4-6-14(15)20-3/h4-9H,1-3H3. The van der Waals surface area contributed by atoms with Crippen molar-refractivity contribution in [3.8, 4) is 11.5 Å². The Kier molecular flexibility index (Phi) is 4.03. The van der Waals surface area contributed by atoms with Gasteiger partial charge < -0.3 is 9.47 Å². The summed E-state index contributed by atoms with van der Waals surface area (Å²) in [6.07, 6.45) is 0. The smallest absolute Gasteiger partial charge is 0.200 e. The summed E-state index contributed by atoms with van der Waals surface area (Å²) in [5.74, 6) is 0.235. The molecule has 0 atom stereocenters. The van der Waals surface area contributed by atoms with Crippen molar-refractivity contribution in [1.29, 1.82) is 0 Å². The molecule has 0 fully saturated rings. The molecular formula is C16H15FO3. The molecule has 20 heavy (non-hydrogen) atoms. The van der Waals surface area contributed by atoms with Crippen LogP contribution in [0, 0.1) is 12.7 Å². The van der Waals surface area contributed by atoms with Crippen LogP contribution in [0.4, 0.5) is 4.39 Å². The number of aryl methyl sites for hydroxylation is 1. The maximum absolute atomic E-state index is 13.1. The Bertz CT molecular complexity index is 628. The van der Waals surface area contributed by atoms with Crippen molar-refractivity contribution in [2.24, 2.45) is 0 Å². The second-order valence-corrected chi connectivity index (χ2v) is 4.33. The van der Waals surface area contributed by atoms with Crippen LogP contribution in [0.1, 0.15) is 21.5 Å². The fourth-order valence-electron chi connectivity index (χ4n) is 2.09. The van der Waals surface area contributed by atoms with Gasteiger partial charge in [-0.1, -0.05) is 6.07 Å². The third kappa shape index (κ3) is 2.50. The summed E-state index contributed by atoms with van der Waals surface area (Å²) < 4.78 is 23.6. The Morgan fingerprint density at radius 2 is 1.65 bits per heavy atom. The van der Waals surface area contributed by atoms with E-state index in [2.05, 4.69) is 0 Å². The summed E-state index contributed by atoms with van der Waals surface area (Å²) in [5, 5.41) is 0. The highest BCUT2D eigenvalue weighted by atomic mass is 19.1. The summed E-state index contributed by atoms with van der Waals surface area (Å²) >= 11 is 0. The molecule has 0 radical (unpaired) electrons. The SMILES string of the molecule is COc1cccc(OC)c1C(=O)c1ccc(F)cc1C. The zero-order valence-electron chi connectivity index (χ0n) is 11.6. The molecule has 0 aliphatic rings. The maximum atomic E-state index is 13.1. The van der Waals surface area contributed by atoms with Gasteiger partial charge in [-0.3, -0.25) is 4.79 Å². The van der Waals surface area contributed by atoms with Gasteiger partial charge in [0.1, 0.15) is 22.9 Å². The van der Waals surface area contributed by atoms with Crippen LogP contribution >= 0.6 is 0 Å². The zero-order chi connectivity index (χ0) is 14.7. The molecule has 0 bridgehead atoms. The molecule has 0 aromatic heterocycles. The van der Waals surface area contributed by atoms with E-state index in [-0.39, 0.29) is 11.6 Å². The minimum Gasteiger partial charge on any atom is -0.496 e. The molecule has 0 N–H and O–H groups in total. The number of ether oxygens (including phenoxy) is 2. The highest BCUT2D eigenvalue weighted by molar-refractivity contribution is 6.13. The first-order valence-corrected chi connectivity index (χ1v) is 6.10. The van der Waals surface area contributed by atoms with Crippen LogP contribution in [0.25, 0.3) is 0 Å². The molecule has 104 valence electrons. The molecule has 2 aromatic carbocycles. The Morgan fingerprint density at radius 1 is 1.05 bits per heavy atom. The number of rotatable bonds is 4. The van der Waals surface area contributed by atoms with Gasteiger partial charge in [-0.2, -0.15) is 0 Å². The average molecular weight is 274 g/mol. The van der Waals surface area contributed by atoms with Gasteiger partial charge in [-0.05, 0) is 42.8 Å².